The van der Waals surface area contributed by atoms with Crippen molar-refractivity contribution in [3.05, 3.63) is 27.8 Å². The molecule has 0 spiro atoms. The Balaban J connectivity index is 2.04. The lowest BCUT2D eigenvalue weighted by Gasteiger charge is -2.07. The molecule has 8 nitrogen and oxygen atoms in total. The first kappa shape index (κ1) is 20.2. The summed E-state index contributed by atoms with van der Waals surface area (Å²) in [5.41, 5.74) is 2.54. The van der Waals surface area contributed by atoms with Gasteiger partial charge in [0, 0.05) is 31.4 Å². The highest BCUT2D eigenvalue weighted by molar-refractivity contribution is 9.10. The van der Waals surface area contributed by atoms with Crippen molar-refractivity contribution in [1.82, 2.24) is 24.9 Å². The van der Waals surface area contributed by atoms with E-state index < -0.39 is 0 Å². The van der Waals surface area contributed by atoms with Crippen molar-refractivity contribution < 1.29 is 9.59 Å². The minimum atomic E-state index is -0.281. The molecule has 26 heavy (non-hydrogen) atoms. The summed E-state index contributed by atoms with van der Waals surface area (Å²) in [4.78, 5) is 24.6. The number of anilines is 1. The number of hydrogen-bond donors (Lipinski definition) is 2. The van der Waals surface area contributed by atoms with Crippen LogP contribution < -0.4 is 10.6 Å². The van der Waals surface area contributed by atoms with Gasteiger partial charge in [-0.15, -0.1) is 0 Å². The summed E-state index contributed by atoms with van der Waals surface area (Å²) in [6, 6.07) is 0. The SMILES string of the molecule is CCCNC(=O)c1nn(CC)cc1NC(=O)CCn1nc(C)c(Br)c1C. The van der Waals surface area contributed by atoms with Gasteiger partial charge in [0.2, 0.25) is 5.91 Å². The van der Waals surface area contributed by atoms with Crippen LogP contribution in [0.5, 0.6) is 0 Å². The maximum Gasteiger partial charge on any atom is 0.273 e. The van der Waals surface area contributed by atoms with Crippen LogP contribution in [0.3, 0.4) is 0 Å². The molecule has 2 aromatic heterocycles. The summed E-state index contributed by atoms with van der Waals surface area (Å²) in [7, 11) is 0. The lowest BCUT2D eigenvalue weighted by atomic mass is 10.3. The first-order valence-electron chi connectivity index (χ1n) is 8.72. The number of carbonyl (C=O) groups excluding carboxylic acids is 2. The Morgan fingerprint density at radius 2 is 1.96 bits per heavy atom. The third-order valence-corrected chi connectivity index (χ3v) is 5.10. The zero-order chi connectivity index (χ0) is 19.3. The average Bonchev–Trinajstić information content (AvgIpc) is 3.14. The molecule has 0 atom stereocenters. The number of hydrogen-bond acceptors (Lipinski definition) is 4. The molecule has 0 saturated carbocycles. The fourth-order valence-electron chi connectivity index (χ4n) is 2.48. The third-order valence-electron chi connectivity index (χ3n) is 3.95. The van der Waals surface area contributed by atoms with Gasteiger partial charge in [-0.2, -0.15) is 10.2 Å². The lowest BCUT2D eigenvalue weighted by molar-refractivity contribution is -0.116. The van der Waals surface area contributed by atoms with Crippen molar-refractivity contribution in [2.75, 3.05) is 11.9 Å². The maximum absolute atomic E-state index is 12.3. The molecular weight excluding hydrogens is 400 g/mol. The second kappa shape index (κ2) is 8.98. The summed E-state index contributed by atoms with van der Waals surface area (Å²) < 4.78 is 4.38. The molecule has 0 aliphatic carbocycles. The Hall–Kier alpha value is -2.16. The Morgan fingerprint density at radius 3 is 2.54 bits per heavy atom. The fourth-order valence-corrected chi connectivity index (χ4v) is 2.76. The molecule has 0 radical (unpaired) electrons. The van der Waals surface area contributed by atoms with Crippen molar-refractivity contribution in [1.29, 1.82) is 0 Å². The molecule has 142 valence electrons. The van der Waals surface area contributed by atoms with Crippen LogP contribution >= 0.6 is 15.9 Å². The van der Waals surface area contributed by atoms with Crippen LogP contribution in [0, 0.1) is 13.8 Å². The predicted octanol–water partition coefficient (Wildman–Crippen LogP) is 2.65. The predicted molar refractivity (Wildman–Crippen MR) is 103 cm³/mol. The quantitative estimate of drug-likeness (QED) is 0.680. The van der Waals surface area contributed by atoms with Crippen LogP contribution in [0.4, 0.5) is 5.69 Å². The molecule has 2 N–H and O–H groups in total. The van der Waals surface area contributed by atoms with Crippen molar-refractivity contribution in [2.45, 2.75) is 53.6 Å². The van der Waals surface area contributed by atoms with Crippen molar-refractivity contribution >= 4 is 33.4 Å². The van der Waals surface area contributed by atoms with E-state index in [4.69, 9.17) is 0 Å². The number of aromatic nitrogens is 4. The van der Waals surface area contributed by atoms with E-state index in [-0.39, 0.29) is 23.9 Å². The molecule has 0 bridgehead atoms. The van der Waals surface area contributed by atoms with Gasteiger partial charge in [0.05, 0.1) is 22.4 Å². The molecule has 2 aromatic rings. The van der Waals surface area contributed by atoms with Crippen molar-refractivity contribution in [3.63, 3.8) is 0 Å². The van der Waals surface area contributed by atoms with Gasteiger partial charge in [-0.3, -0.25) is 19.0 Å². The fraction of sp³-hybridized carbons (Fsp3) is 0.529. The van der Waals surface area contributed by atoms with E-state index in [0.717, 1.165) is 22.3 Å². The second-order valence-electron chi connectivity index (χ2n) is 6.01. The van der Waals surface area contributed by atoms with E-state index >= 15 is 0 Å². The highest BCUT2D eigenvalue weighted by Gasteiger charge is 2.18. The van der Waals surface area contributed by atoms with Crippen molar-refractivity contribution in [3.8, 4) is 0 Å². The number of aryl methyl sites for hydroxylation is 3. The Morgan fingerprint density at radius 1 is 1.23 bits per heavy atom. The molecule has 9 heteroatoms. The number of rotatable bonds is 8. The summed E-state index contributed by atoms with van der Waals surface area (Å²) in [6.07, 6.45) is 2.76. The van der Waals surface area contributed by atoms with E-state index in [2.05, 4.69) is 36.8 Å². The van der Waals surface area contributed by atoms with E-state index in [0.29, 0.717) is 25.3 Å². The van der Waals surface area contributed by atoms with Gasteiger partial charge in [-0.05, 0) is 43.1 Å². The summed E-state index contributed by atoms with van der Waals surface area (Å²) in [5.74, 6) is -0.467. The Kier molecular flexibility index (Phi) is 6.96. The zero-order valence-electron chi connectivity index (χ0n) is 15.6. The topological polar surface area (TPSA) is 93.8 Å². The minimum absolute atomic E-state index is 0.186. The molecule has 2 heterocycles. The molecule has 0 unspecified atom stereocenters. The normalized spacial score (nSPS) is 10.8. The van der Waals surface area contributed by atoms with Gasteiger partial charge >= 0.3 is 0 Å². The molecule has 0 aliphatic heterocycles. The van der Waals surface area contributed by atoms with Crippen LogP contribution in [-0.2, 0) is 17.9 Å². The summed E-state index contributed by atoms with van der Waals surface area (Å²) >= 11 is 3.48. The van der Waals surface area contributed by atoms with Crippen LogP contribution in [0.15, 0.2) is 10.7 Å². The van der Waals surface area contributed by atoms with Crippen LogP contribution in [0.1, 0.15) is 48.6 Å². The lowest BCUT2D eigenvalue weighted by Crippen LogP contribution is -2.26. The number of halogens is 1. The number of carbonyl (C=O) groups is 2. The molecule has 0 saturated heterocycles. The third kappa shape index (κ3) is 4.72. The van der Waals surface area contributed by atoms with Gasteiger partial charge in [0.1, 0.15) is 0 Å². The van der Waals surface area contributed by atoms with E-state index in [9.17, 15) is 9.59 Å². The average molecular weight is 425 g/mol. The smallest absolute Gasteiger partial charge is 0.273 e. The minimum Gasteiger partial charge on any atom is -0.351 e. The molecule has 0 fully saturated rings. The molecule has 0 aromatic carbocycles. The molecule has 2 rings (SSSR count). The van der Waals surface area contributed by atoms with E-state index in [1.54, 1.807) is 15.6 Å². The Bertz CT molecular complexity index is 796. The van der Waals surface area contributed by atoms with Crippen LogP contribution in [0.25, 0.3) is 0 Å². The number of amides is 2. The summed E-state index contributed by atoms with van der Waals surface area (Å²) in [5, 5.41) is 14.2. The van der Waals surface area contributed by atoms with Crippen LogP contribution in [-0.4, -0.2) is 37.9 Å². The van der Waals surface area contributed by atoms with Gasteiger partial charge in [-0.1, -0.05) is 6.92 Å². The monoisotopic (exact) mass is 424 g/mol. The van der Waals surface area contributed by atoms with E-state index in [1.807, 2.05) is 27.7 Å². The maximum atomic E-state index is 12.3. The summed E-state index contributed by atoms with van der Waals surface area (Å²) in [6.45, 7) is 9.40. The first-order valence-corrected chi connectivity index (χ1v) is 9.51. The van der Waals surface area contributed by atoms with Gasteiger partial charge in [-0.25, -0.2) is 0 Å². The van der Waals surface area contributed by atoms with Crippen molar-refractivity contribution in [2.24, 2.45) is 0 Å². The van der Waals surface area contributed by atoms with E-state index in [1.165, 1.54) is 0 Å². The largest absolute Gasteiger partial charge is 0.351 e. The highest BCUT2D eigenvalue weighted by atomic mass is 79.9. The van der Waals surface area contributed by atoms with Gasteiger partial charge < -0.3 is 10.6 Å². The Labute approximate surface area is 161 Å². The van der Waals surface area contributed by atoms with Gasteiger partial charge in [0.15, 0.2) is 5.69 Å². The molecule has 0 aliphatic rings. The molecular formula is C17H25BrN6O2. The molecule has 2 amide bonds. The standard InChI is InChI=1S/C17H25BrN6O2/c1-5-8-19-17(26)16-13(10-23(6-2)22-16)20-14(25)7-9-24-12(4)15(18)11(3)21-24/h10H,5-9H2,1-4H3,(H,19,26)(H,20,25). The first-order chi connectivity index (χ1) is 12.4. The second-order valence-corrected chi connectivity index (χ2v) is 6.80. The number of nitrogens with zero attached hydrogens (tertiary/aromatic N) is 4. The highest BCUT2D eigenvalue weighted by Crippen LogP contribution is 2.20. The van der Waals surface area contributed by atoms with Crippen LogP contribution in [0.2, 0.25) is 0 Å². The zero-order valence-corrected chi connectivity index (χ0v) is 17.2. The number of nitrogens with one attached hydrogen (secondary N) is 2. The van der Waals surface area contributed by atoms with Gasteiger partial charge in [0.25, 0.3) is 5.91 Å².